The molecule has 9 aromatic rings. The Morgan fingerprint density at radius 1 is 0.298 bits per heavy atom. The molecule has 10 rings (SSSR count). The second kappa shape index (κ2) is 10.2. The highest BCUT2D eigenvalue weighted by atomic mass is 16.5. The third-order valence-electron chi connectivity index (χ3n) is 9.84. The maximum absolute atomic E-state index is 6.64. The van der Waals surface area contributed by atoms with E-state index in [0.717, 1.165) is 17.1 Å². The zero-order chi connectivity index (χ0) is 30.9. The van der Waals surface area contributed by atoms with Crippen LogP contribution in [0.2, 0.25) is 0 Å². The van der Waals surface area contributed by atoms with Crippen molar-refractivity contribution in [2.45, 2.75) is 0 Å². The summed E-state index contributed by atoms with van der Waals surface area (Å²) < 4.78 is 6.64. The van der Waals surface area contributed by atoms with E-state index in [9.17, 15) is 0 Å². The van der Waals surface area contributed by atoms with Crippen molar-refractivity contribution in [3.63, 3.8) is 0 Å². The molecule has 0 N–H and O–H groups in total. The molecular formula is C46H28O. The molecule has 47 heavy (non-hydrogen) atoms. The lowest BCUT2D eigenvalue weighted by atomic mass is 9.83. The maximum atomic E-state index is 6.64. The van der Waals surface area contributed by atoms with Gasteiger partial charge in [0, 0.05) is 10.9 Å². The van der Waals surface area contributed by atoms with Crippen LogP contribution in [0, 0.1) is 0 Å². The summed E-state index contributed by atoms with van der Waals surface area (Å²) >= 11 is 0. The molecule has 0 unspecified atom stereocenters. The third-order valence-corrected chi connectivity index (χ3v) is 9.84. The van der Waals surface area contributed by atoms with Crippen LogP contribution in [0.3, 0.4) is 0 Å². The molecule has 0 saturated heterocycles. The van der Waals surface area contributed by atoms with Crippen LogP contribution in [-0.2, 0) is 0 Å². The highest BCUT2D eigenvalue weighted by Gasteiger charge is 2.24. The molecule has 1 aliphatic heterocycles. The summed E-state index contributed by atoms with van der Waals surface area (Å²) in [5.41, 5.74) is 9.70. The van der Waals surface area contributed by atoms with Gasteiger partial charge in [0.15, 0.2) is 0 Å². The van der Waals surface area contributed by atoms with Crippen LogP contribution < -0.4 is 4.74 Å². The first-order valence-electron chi connectivity index (χ1n) is 16.2. The van der Waals surface area contributed by atoms with Gasteiger partial charge in [0.1, 0.15) is 11.5 Å². The lowest BCUT2D eigenvalue weighted by Gasteiger charge is -2.24. The SMILES string of the molecule is c1ccc(-c2ccc3c4c(cccc24)-c2cc(-c4c5ccccc5c(-c5ccccc5)c5c4ccc4ccccc45)ccc2O3)cc1. The number of hydrogen-bond acceptors (Lipinski definition) is 1. The molecule has 0 fully saturated rings. The second-order valence-electron chi connectivity index (χ2n) is 12.4. The van der Waals surface area contributed by atoms with Crippen molar-refractivity contribution in [3.05, 3.63) is 170 Å². The summed E-state index contributed by atoms with van der Waals surface area (Å²) in [5.74, 6) is 1.80. The van der Waals surface area contributed by atoms with Crippen molar-refractivity contribution in [1.82, 2.24) is 0 Å². The van der Waals surface area contributed by atoms with E-state index in [1.807, 2.05) is 0 Å². The fourth-order valence-electron chi connectivity index (χ4n) is 7.82. The normalized spacial score (nSPS) is 12.0. The molecule has 0 aliphatic carbocycles. The molecule has 0 bridgehead atoms. The van der Waals surface area contributed by atoms with Crippen LogP contribution >= 0.6 is 0 Å². The molecule has 1 heterocycles. The predicted octanol–water partition coefficient (Wildman–Crippen LogP) is 13.1. The Labute approximate surface area is 272 Å². The average Bonchev–Trinajstić information content (AvgIpc) is 3.14. The van der Waals surface area contributed by atoms with Crippen LogP contribution in [-0.4, -0.2) is 0 Å². The van der Waals surface area contributed by atoms with Gasteiger partial charge in [-0.2, -0.15) is 0 Å². The molecule has 218 valence electrons. The van der Waals surface area contributed by atoms with Gasteiger partial charge in [-0.15, -0.1) is 0 Å². The van der Waals surface area contributed by atoms with Crippen molar-refractivity contribution >= 4 is 43.1 Å². The number of fused-ring (bicyclic) bond motifs is 6. The summed E-state index contributed by atoms with van der Waals surface area (Å²) in [5, 5.41) is 9.93. The van der Waals surface area contributed by atoms with Crippen molar-refractivity contribution in [2.75, 3.05) is 0 Å². The van der Waals surface area contributed by atoms with Crippen molar-refractivity contribution in [2.24, 2.45) is 0 Å². The van der Waals surface area contributed by atoms with Gasteiger partial charge in [-0.25, -0.2) is 0 Å². The third kappa shape index (κ3) is 3.90. The van der Waals surface area contributed by atoms with Crippen LogP contribution in [0.1, 0.15) is 0 Å². The number of ether oxygens (including phenoxy) is 1. The molecule has 0 amide bonds. The molecule has 1 aliphatic rings. The monoisotopic (exact) mass is 596 g/mol. The first-order valence-corrected chi connectivity index (χ1v) is 16.2. The largest absolute Gasteiger partial charge is 0.456 e. The topological polar surface area (TPSA) is 9.23 Å². The Kier molecular flexibility index (Phi) is 5.64. The molecule has 9 aromatic carbocycles. The Hall–Kier alpha value is -6.18. The van der Waals surface area contributed by atoms with Crippen molar-refractivity contribution in [1.29, 1.82) is 0 Å². The highest BCUT2D eigenvalue weighted by molar-refractivity contribution is 6.28. The summed E-state index contributed by atoms with van der Waals surface area (Å²) in [6, 6.07) is 61.4. The number of rotatable bonds is 3. The van der Waals surface area contributed by atoms with Crippen LogP contribution in [0.5, 0.6) is 11.5 Å². The molecule has 1 nitrogen and oxygen atoms in total. The summed E-state index contributed by atoms with van der Waals surface area (Å²) in [6.07, 6.45) is 0. The van der Waals surface area contributed by atoms with Crippen molar-refractivity contribution in [3.8, 4) is 56.0 Å². The van der Waals surface area contributed by atoms with E-state index in [0.29, 0.717) is 0 Å². The second-order valence-corrected chi connectivity index (χ2v) is 12.4. The first kappa shape index (κ1) is 26.1. The minimum absolute atomic E-state index is 0.890. The zero-order valence-corrected chi connectivity index (χ0v) is 25.6. The number of hydrogen-bond donors (Lipinski definition) is 0. The minimum Gasteiger partial charge on any atom is -0.456 e. The van der Waals surface area contributed by atoms with E-state index in [4.69, 9.17) is 4.74 Å². The van der Waals surface area contributed by atoms with E-state index >= 15 is 0 Å². The average molecular weight is 597 g/mol. The van der Waals surface area contributed by atoms with Gasteiger partial charge in [0.2, 0.25) is 0 Å². The highest BCUT2D eigenvalue weighted by Crippen LogP contribution is 2.51. The number of benzene rings is 9. The smallest absolute Gasteiger partial charge is 0.135 e. The quantitative estimate of drug-likeness (QED) is 0.146. The Balaban J connectivity index is 1.28. The Morgan fingerprint density at radius 3 is 1.77 bits per heavy atom. The van der Waals surface area contributed by atoms with Crippen LogP contribution in [0.4, 0.5) is 0 Å². The van der Waals surface area contributed by atoms with E-state index in [2.05, 4.69) is 170 Å². The fraction of sp³-hybridized carbons (Fsp3) is 0. The molecule has 1 heteroatoms. The fourth-order valence-corrected chi connectivity index (χ4v) is 7.82. The van der Waals surface area contributed by atoms with Gasteiger partial charge in [-0.05, 0) is 94.8 Å². The van der Waals surface area contributed by atoms with Gasteiger partial charge in [0.05, 0.1) is 0 Å². The first-order chi connectivity index (χ1) is 23.3. The van der Waals surface area contributed by atoms with E-state index in [1.54, 1.807) is 0 Å². The summed E-state index contributed by atoms with van der Waals surface area (Å²) in [4.78, 5) is 0. The Bertz CT molecular complexity index is 2690. The maximum Gasteiger partial charge on any atom is 0.135 e. The lowest BCUT2D eigenvalue weighted by Crippen LogP contribution is -1.99. The molecule has 0 radical (unpaired) electrons. The van der Waals surface area contributed by atoms with Gasteiger partial charge >= 0.3 is 0 Å². The van der Waals surface area contributed by atoms with E-state index < -0.39 is 0 Å². The predicted molar refractivity (Wildman–Crippen MR) is 198 cm³/mol. The van der Waals surface area contributed by atoms with Crippen LogP contribution in [0.15, 0.2) is 170 Å². The van der Waals surface area contributed by atoms with Crippen LogP contribution in [0.25, 0.3) is 87.6 Å². The van der Waals surface area contributed by atoms with Crippen molar-refractivity contribution < 1.29 is 4.74 Å². The summed E-state index contributed by atoms with van der Waals surface area (Å²) in [7, 11) is 0. The van der Waals surface area contributed by atoms with Gasteiger partial charge in [-0.3, -0.25) is 0 Å². The molecule has 0 atom stereocenters. The van der Waals surface area contributed by atoms with Gasteiger partial charge in [-0.1, -0.05) is 152 Å². The van der Waals surface area contributed by atoms with Gasteiger partial charge < -0.3 is 4.74 Å². The Morgan fingerprint density at radius 2 is 0.957 bits per heavy atom. The molecular weight excluding hydrogens is 569 g/mol. The van der Waals surface area contributed by atoms with E-state index in [-0.39, 0.29) is 0 Å². The van der Waals surface area contributed by atoms with E-state index in [1.165, 1.54) is 82.0 Å². The molecule has 0 spiro atoms. The summed E-state index contributed by atoms with van der Waals surface area (Å²) in [6.45, 7) is 0. The molecule has 0 aromatic heterocycles. The molecule has 0 saturated carbocycles. The zero-order valence-electron chi connectivity index (χ0n) is 25.6. The minimum atomic E-state index is 0.890. The lowest BCUT2D eigenvalue weighted by molar-refractivity contribution is 0.487. The van der Waals surface area contributed by atoms with Gasteiger partial charge in [0.25, 0.3) is 0 Å². The standard InChI is InChI=1S/C46H28O/c1-3-12-29(13-4-1)33-25-27-42-45-35(33)20-11-21-38(45)40-28-32(23-26-41(40)47-42)43-36-18-9-10-19-37(36)44(31-15-5-2-6-16-31)46-34-17-8-7-14-30(34)22-24-39(43)46/h1-28H.